The minimum Gasteiger partial charge on any atom is -0.197 e. The van der Waals surface area contributed by atoms with Crippen LogP contribution in [0.4, 0.5) is 0 Å². The molecular weight excluding hydrogens is 250 g/mol. The highest BCUT2D eigenvalue weighted by molar-refractivity contribution is 9.10. The normalized spacial score (nSPS) is 24.5. The van der Waals surface area contributed by atoms with Crippen LogP contribution in [0.25, 0.3) is 0 Å². The molecule has 1 rings (SSSR count). The van der Waals surface area contributed by atoms with E-state index in [0.29, 0.717) is 0 Å². The topological polar surface area (TPSA) is 23.8 Å². The summed E-state index contributed by atoms with van der Waals surface area (Å²) in [6, 6.07) is 2.45. The van der Waals surface area contributed by atoms with Gasteiger partial charge in [0.1, 0.15) is 4.32 Å². The molecule has 0 atom stereocenters. The maximum absolute atomic E-state index is 9.16. The molecule has 0 aliphatic heterocycles. The average molecular weight is 272 g/mol. The van der Waals surface area contributed by atoms with Crippen molar-refractivity contribution in [2.24, 2.45) is 0 Å². The monoisotopic (exact) mass is 271 g/mol. The van der Waals surface area contributed by atoms with E-state index in [0.717, 1.165) is 12.8 Å². The van der Waals surface area contributed by atoms with Crippen molar-refractivity contribution in [3.8, 4) is 6.07 Å². The van der Waals surface area contributed by atoms with Gasteiger partial charge in [-0.25, -0.2) is 0 Å². The van der Waals surface area contributed by atoms with Crippen molar-refractivity contribution in [1.82, 2.24) is 0 Å². The summed E-state index contributed by atoms with van der Waals surface area (Å²) in [7, 11) is 0. The van der Waals surface area contributed by atoms with Gasteiger partial charge in [0.05, 0.1) is 6.07 Å². The minimum atomic E-state index is -0.216. The van der Waals surface area contributed by atoms with Crippen LogP contribution in [0.1, 0.15) is 70.6 Å². The largest absolute Gasteiger partial charge is 0.197 e. The van der Waals surface area contributed by atoms with Gasteiger partial charge in [-0.2, -0.15) is 5.26 Å². The maximum Gasteiger partial charge on any atom is 0.112 e. The molecule has 0 amide bonds. The van der Waals surface area contributed by atoms with Crippen molar-refractivity contribution in [3.63, 3.8) is 0 Å². The van der Waals surface area contributed by atoms with E-state index in [-0.39, 0.29) is 4.32 Å². The molecule has 1 fully saturated rings. The van der Waals surface area contributed by atoms with Gasteiger partial charge in [-0.15, -0.1) is 0 Å². The van der Waals surface area contributed by atoms with E-state index in [9.17, 15) is 0 Å². The van der Waals surface area contributed by atoms with Gasteiger partial charge in [0.2, 0.25) is 0 Å². The highest BCUT2D eigenvalue weighted by Crippen LogP contribution is 2.31. The second-order valence-corrected chi connectivity index (χ2v) is 6.28. The zero-order valence-corrected chi connectivity index (χ0v) is 11.2. The van der Waals surface area contributed by atoms with Crippen molar-refractivity contribution < 1.29 is 0 Å². The summed E-state index contributed by atoms with van der Waals surface area (Å²) in [4.78, 5) is 0. The van der Waals surface area contributed by atoms with E-state index in [1.165, 1.54) is 57.8 Å². The summed E-state index contributed by atoms with van der Waals surface area (Å²) < 4.78 is -0.216. The summed E-state index contributed by atoms with van der Waals surface area (Å²) in [5, 5.41) is 9.16. The van der Waals surface area contributed by atoms with Crippen LogP contribution in [0.2, 0.25) is 0 Å². The molecule has 2 heteroatoms. The molecule has 0 spiro atoms. The van der Waals surface area contributed by atoms with Crippen LogP contribution in [-0.2, 0) is 0 Å². The molecule has 1 aliphatic rings. The van der Waals surface area contributed by atoms with Crippen molar-refractivity contribution in [2.45, 2.75) is 75.0 Å². The van der Waals surface area contributed by atoms with E-state index < -0.39 is 0 Å². The number of hydrogen-bond donors (Lipinski definition) is 0. The van der Waals surface area contributed by atoms with Crippen molar-refractivity contribution in [2.75, 3.05) is 0 Å². The van der Waals surface area contributed by atoms with Gasteiger partial charge >= 0.3 is 0 Å². The van der Waals surface area contributed by atoms with Gasteiger partial charge in [-0.05, 0) is 12.8 Å². The summed E-state index contributed by atoms with van der Waals surface area (Å²) in [6.45, 7) is 0. The molecule has 1 nitrogen and oxygen atoms in total. The lowest BCUT2D eigenvalue weighted by molar-refractivity contribution is 0.482. The molecule has 0 aromatic rings. The van der Waals surface area contributed by atoms with Crippen LogP contribution in [-0.4, -0.2) is 4.32 Å². The van der Waals surface area contributed by atoms with E-state index >= 15 is 0 Å². The lowest BCUT2D eigenvalue weighted by Crippen LogP contribution is -2.18. The molecule has 0 bridgehead atoms. The SMILES string of the molecule is N#CC1(Br)CCCCCCCCCCC1. The Morgan fingerprint density at radius 3 is 1.40 bits per heavy atom. The van der Waals surface area contributed by atoms with Crippen LogP contribution in [0.15, 0.2) is 0 Å². The average Bonchev–Trinajstić information content (AvgIpc) is 2.23. The molecule has 0 N–H and O–H groups in total. The van der Waals surface area contributed by atoms with Gasteiger partial charge in [0.15, 0.2) is 0 Å². The van der Waals surface area contributed by atoms with E-state index in [1.54, 1.807) is 0 Å². The molecule has 0 aromatic carbocycles. The van der Waals surface area contributed by atoms with Crippen molar-refractivity contribution in [1.29, 1.82) is 5.26 Å². The van der Waals surface area contributed by atoms with Crippen LogP contribution in [0.5, 0.6) is 0 Å². The number of nitriles is 1. The predicted octanol–water partition coefficient (Wildman–Crippen LogP) is 4.95. The molecule has 1 saturated carbocycles. The second kappa shape index (κ2) is 7.28. The molecule has 0 aromatic heterocycles. The predicted molar refractivity (Wildman–Crippen MR) is 68.1 cm³/mol. The number of hydrogen-bond acceptors (Lipinski definition) is 1. The van der Waals surface area contributed by atoms with Gasteiger partial charge in [0.25, 0.3) is 0 Å². The van der Waals surface area contributed by atoms with Crippen molar-refractivity contribution >= 4 is 15.9 Å². The Hall–Kier alpha value is -0.0300. The molecule has 0 radical (unpaired) electrons. The van der Waals surface area contributed by atoms with Crippen LogP contribution in [0, 0.1) is 11.3 Å². The first kappa shape index (κ1) is 13.0. The Morgan fingerprint density at radius 1 is 0.733 bits per heavy atom. The Labute approximate surface area is 102 Å². The van der Waals surface area contributed by atoms with E-state index in [2.05, 4.69) is 22.0 Å². The Kier molecular flexibility index (Phi) is 6.32. The quantitative estimate of drug-likeness (QED) is 0.572. The standard InChI is InChI=1S/C13H22BrN/c14-13(12-15)10-8-6-4-2-1-3-5-7-9-11-13/h1-11H2. The second-order valence-electron chi connectivity index (χ2n) is 4.76. The highest BCUT2D eigenvalue weighted by atomic mass is 79.9. The maximum atomic E-state index is 9.16. The first-order valence-corrected chi connectivity index (χ1v) is 7.16. The minimum absolute atomic E-state index is 0.216. The lowest BCUT2D eigenvalue weighted by atomic mass is 9.94. The third kappa shape index (κ3) is 5.56. The number of nitrogens with zero attached hydrogens (tertiary/aromatic N) is 1. The fourth-order valence-electron chi connectivity index (χ4n) is 2.28. The fourth-order valence-corrected chi connectivity index (χ4v) is 2.85. The van der Waals surface area contributed by atoms with E-state index in [4.69, 9.17) is 5.26 Å². The Balaban J connectivity index is 2.36. The molecule has 0 heterocycles. The molecule has 0 saturated heterocycles. The summed E-state index contributed by atoms with van der Waals surface area (Å²) in [5.74, 6) is 0. The number of rotatable bonds is 0. The molecular formula is C13H22BrN. The molecule has 1 aliphatic carbocycles. The zero-order chi connectivity index (χ0) is 11.0. The summed E-state index contributed by atoms with van der Waals surface area (Å²) in [5.41, 5.74) is 0. The van der Waals surface area contributed by atoms with E-state index in [1.807, 2.05) is 0 Å². The van der Waals surface area contributed by atoms with Crippen LogP contribution in [0.3, 0.4) is 0 Å². The van der Waals surface area contributed by atoms with Gasteiger partial charge < -0.3 is 0 Å². The molecule has 15 heavy (non-hydrogen) atoms. The molecule has 86 valence electrons. The highest BCUT2D eigenvalue weighted by Gasteiger charge is 2.24. The Bertz CT molecular complexity index is 195. The first-order chi connectivity index (χ1) is 7.27. The number of alkyl halides is 1. The zero-order valence-electron chi connectivity index (χ0n) is 9.60. The van der Waals surface area contributed by atoms with Gasteiger partial charge in [-0.3, -0.25) is 0 Å². The smallest absolute Gasteiger partial charge is 0.112 e. The fraction of sp³-hybridized carbons (Fsp3) is 0.923. The third-order valence-electron chi connectivity index (χ3n) is 3.35. The Morgan fingerprint density at radius 2 is 1.07 bits per heavy atom. The lowest BCUT2D eigenvalue weighted by Gasteiger charge is -2.19. The first-order valence-electron chi connectivity index (χ1n) is 6.37. The van der Waals surface area contributed by atoms with Crippen LogP contribution < -0.4 is 0 Å². The van der Waals surface area contributed by atoms with Crippen molar-refractivity contribution in [3.05, 3.63) is 0 Å². The summed E-state index contributed by atoms with van der Waals surface area (Å²) >= 11 is 3.62. The van der Waals surface area contributed by atoms with Gasteiger partial charge in [0, 0.05) is 0 Å². The van der Waals surface area contributed by atoms with Gasteiger partial charge in [-0.1, -0.05) is 73.7 Å². The van der Waals surface area contributed by atoms with Crippen LogP contribution >= 0.6 is 15.9 Å². The third-order valence-corrected chi connectivity index (χ3v) is 4.32. The number of halogens is 1. The summed E-state index contributed by atoms with van der Waals surface area (Å²) in [6.07, 6.45) is 14.0. The molecule has 0 unspecified atom stereocenters.